The fraction of sp³-hybridized carbons (Fsp3) is 0.389. The molecule has 0 aliphatic carbocycles. The molecule has 0 atom stereocenters. The minimum atomic E-state index is -3.33. The van der Waals surface area contributed by atoms with Gasteiger partial charge in [-0.1, -0.05) is 30.3 Å². The lowest BCUT2D eigenvalue weighted by Crippen LogP contribution is -2.43. The van der Waals surface area contributed by atoms with E-state index in [1.807, 2.05) is 47.2 Å². The first-order chi connectivity index (χ1) is 12.0. The summed E-state index contributed by atoms with van der Waals surface area (Å²) in [7, 11) is -3.33. The zero-order valence-corrected chi connectivity index (χ0v) is 15.6. The Morgan fingerprint density at radius 3 is 2.48 bits per heavy atom. The van der Waals surface area contributed by atoms with Gasteiger partial charge in [-0.3, -0.25) is 4.79 Å². The third kappa shape index (κ3) is 4.90. The van der Waals surface area contributed by atoms with Gasteiger partial charge in [-0.2, -0.15) is 11.3 Å². The maximum atomic E-state index is 12.5. The molecule has 7 heteroatoms. The number of nitrogens with zero attached hydrogens (tertiary/aromatic N) is 1. The van der Waals surface area contributed by atoms with Crippen LogP contribution in [0.3, 0.4) is 0 Å². The van der Waals surface area contributed by atoms with Gasteiger partial charge in [0, 0.05) is 25.6 Å². The lowest BCUT2D eigenvalue weighted by Gasteiger charge is -2.30. The third-order valence-corrected chi connectivity index (χ3v) is 7.04. The van der Waals surface area contributed by atoms with Crippen LogP contribution in [0.25, 0.3) is 0 Å². The lowest BCUT2D eigenvalue weighted by molar-refractivity contribution is -0.126. The minimum Gasteiger partial charge on any atom is -0.352 e. The Morgan fingerprint density at radius 1 is 1.12 bits per heavy atom. The zero-order chi connectivity index (χ0) is 17.7. The van der Waals surface area contributed by atoms with Crippen molar-refractivity contribution < 1.29 is 13.2 Å². The second kappa shape index (κ2) is 8.12. The molecule has 1 N–H and O–H groups in total. The Balaban J connectivity index is 1.50. The molecule has 25 heavy (non-hydrogen) atoms. The van der Waals surface area contributed by atoms with Crippen LogP contribution in [-0.4, -0.2) is 31.7 Å². The van der Waals surface area contributed by atoms with Crippen LogP contribution < -0.4 is 5.32 Å². The summed E-state index contributed by atoms with van der Waals surface area (Å²) in [6.07, 6.45) is 1.15. The molecule has 134 valence electrons. The van der Waals surface area contributed by atoms with Crippen LogP contribution in [0.1, 0.15) is 24.0 Å². The maximum absolute atomic E-state index is 12.5. The maximum Gasteiger partial charge on any atom is 0.223 e. The van der Waals surface area contributed by atoms with Gasteiger partial charge >= 0.3 is 0 Å². The van der Waals surface area contributed by atoms with Gasteiger partial charge in [0.15, 0.2) is 0 Å². The molecule has 1 aliphatic rings. The predicted octanol–water partition coefficient (Wildman–Crippen LogP) is 2.61. The smallest absolute Gasteiger partial charge is 0.223 e. The number of hydrogen-bond acceptors (Lipinski definition) is 4. The van der Waals surface area contributed by atoms with Crippen molar-refractivity contribution in [1.82, 2.24) is 9.62 Å². The molecule has 1 aromatic heterocycles. The quantitative estimate of drug-likeness (QED) is 0.840. The molecule has 0 radical (unpaired) electrons. The third-order valence-electron chi connectivity index (χ3n) is 4.46. The van der Waals surface area contributed by atoms with Crippen LogP contribution in [0.5, 0.6) is 0 Å². The Morgan fingerprint density at radius 2 is 1.84 bits per heavy atom. The molecule has 5 nitrogen and oxygen atoms in total. The highest BCUT2D eigenvalue weighted by Crippen LogP contribution is 2.22. The number of sulfonamides is 1. The number of hydrogen-bond donors (Lipinski definition) is 1. The SMILES string of the molecule is O=C(NCc1ccsc1)C1CCN(S(=O)(=O)Cc2ccccc2)CC1. The summed E-state index contributed by atoms with van der Waals surface area (Å²) in [6.45, 7) is 1.35. The fourth-order valence-corrected chi connectivity index (χ4v) is 5.23. The molecule has 2 heterocycles. The number of carbonyl (C=O) groups excluding carboxylic acids is 1. The van der Waals surface area contributed by atoms with Crippen molar-refractivity contribution in [1.29, 1.82) is 0 Å². The van der Waals surface area contributed by atoms with Gasteiger partial charge in [-0.15, -0.1) is 0 Å². The van der Waals surface area contributed by atoms with E-state index in [0.717, 1.165) is 11.1 Å². The number of rotatable bonds is 6. The van der Waals surface area contributed by atoms with Crippen LogP contribution in [-0.2, 0) is 27.1 Å². The second-order valence-electron chi connectivity index (χ2n) is 6.26. The van der Waals surface area contributed by atoms with Crippen molar-refractivity contribution in [2.45, 2.75) is 25.1 Å². The molecule has 0 saturated carbocycles. The molecule has 1 saturated heterocycles. The van der Waals surface area contributed by atoms with E-state index in [1.54, 1.807) is 11.3 Å². The van der Waals surface area contributed by atoms with Crippen molar-refractivity contribution in [2.75, 3.05) is 13.1 Å². The summed E-state index contributed by atoms with van der Waals surface area (Å²) in [5.41, 5.74) is 1.89. The molecule has 3 rings (SSSR count). The van der Waals surface area contributed by atoms with Gasteiger partial charge in [0.1, 0.15) is 0 Å². The van der Waals surface area contributed by atoms with E-state index in [4.69, 9.17) is 0 Å². The summed E-state index contributed by atoms with van der Waals surface area (Å²) in [6, 6.07) is 11.2. The number of benzene rings is 1. The van der Waals surface area contributed by atoms with Crippen LogP contribution in [0, 0.1) is 5.92 Å². The molecule has 1 amide bonds. The molecular weight excluding hydrogens is 356 g/mol. The number of amides is 1. The molecule has 2 aromatic rings. The van der Waals surface area contributed by atoms with Gasteiger partial charge < -0.3 is 5.32 Å². The predicted molar refractivity (Wildman–Crippen MR) is 99.5 cm³/mol. The van der Waals surface area contributed by atoms with E-state index in [1.165, 1.54) is 4.31 Å². The van der Waals surface area contributed by atoms with Gasteiger partial charge in [0.05, 0.1) is 5.75 Å². The number of nitrogens with one attached hydrogen (secondary N) is 1. The van der Waals surface area contributed by atoms with Crippen molar-refractivity contribution in [3.05, 3.63) is 58.3 Å². The first kappa shape index (κ1) is 18.1. The van der Waals surface area contributed by atoms with E-state index < -0.39 is 10.0 Å². The van der Waals surface area contributed by atoms with Crippen LogP contribution in [0.15, 0.2) is 47.2 Å². The summed E-state index contributed by atoms with van der Waals surface area (Å²) < 4.78 is 26.6. The van der Waals surface area contributed by atoms with Crippen LogP contribution >= 0.6 is 11.3 Å². The van der Waals surface area contributed by atoms with Crippen LogP contribution in [0.2, 0.25) is 0 Å². The normalized spacial score (nSPS) is 16.6. The Kier molecular flexibility index (Phi) is 5.88. The molecular formula is C18H22N2O3S2. The largest absolute Gasteiger partial charge is 0.352 e. The summed E-state index contributed by atoms with van der Waals surface area (Å²) in [4.78, 5) is 12.3. The molecule has 1 aromatic carbocycles. The van der Waals surface area contributed by atoms with E-state index in [0.29, 0.717) is 32.5 Å². The monoisotopic (exact) mass is 378 g/mol. The summed E-state index contributed by atoms with van der Waals surface area (Å²) in [5.74, 6) is -0.0730. The van der Waals surface area contributed by atoms with E-state index in [9.17, 15) is 13.2 Å². The molecule has 0 unspecified atom stereocenters. The number of carbonyl (C=O) groups is 1. The van der Waals surface area contributed by atoms with E-state index in [2.05, 4.69) is 5.32 Å². The fourth-order valence-electron chi connectivity index (χ4n) is 3.00. The first-order valence-corrected chi connectivity index (χ1v) is 10.9. The van der Waals surface area contributed by atoms with Gasteiger partial charge in [-0.25, -0.2) is 12.7 Å². The second-order valence-corrected chi connectivity index (χ2v) is 9.01. The summed E-state index contributed by atoms with van der Waals surface area (Å²) >= 11 is 1.61. The van der Waals surface area contributed by atoms with Crippen LogP contribution in [0.4, 0.5) is 0 Å². The topological polar surface area (TPSA) is 66.5 Å². The molecule has 1 aliphatic heterocycles. The zero-order valence-electron chi connectivity index (χ0n) is 13.9. The Bertz CT molecular complexity index is 781. The molecule has 0 spiro atoms. The van der Waals surface area contributed by atoms with Gasteiger partial charge in [-0.05, 0) is 40.8 Å². The van der Waals surface area contributed by atoms with Crippen molar-refractivity contribution >= 4 is 27.3 Å². The highest BCUT2D eigenvalue weighted by molar-refractivity contribution is 7.88. The summed E-state index contributed by atoms with van der Waals surface area (Å²) in [5, 5.41) is 6.94. The average molecular weight is 379 g/mol. The van der Waals surface area contributed by atoms with Crippen molar-refractivity contribution in [3.63, 3.8) is 0 Å². The number of piperidine rings is 1. The average Bonchev–Trinajstić information content (AvgIpc) is 3.14. The van der Waals surface area contributed by atoms with E-state index >= 15 is 0 Å². The first-order valence-electron chi connectivity index (χ1n) is 8.35. The standard InChI is InChI=1S/C18H22N2O3S2/c21-18(19-12-16-8-11-24-13-16)17-6-9-20(10-7-17)25(22,23)14-15-4-2-1-3-5-15/h1-5,8,11,13,17H,6-7,9-10,12,14H2,(H,19,21). The molecule has 0 bridgehead atoms. The van der Waals surface area contributed by atoms with E-state index in [-0.39, 0.29) is 17.6 Å². The van der Waals surface area contributed by atoms with Crippen molar-refractivity contribution in [3.8, 4) is 0 Å². The highest BCUT2D eigenvalue weighted by atomic mass is 32.2. The van der Waals surface area contributed by atoms with Crippen molar-refractivity contribution in [2.24, 2.45) is 5.92 Å². The van der Waals surface area contributed by atoms with Gasteiger partial charge in [0.25, 0.3) is 0 Å². The number of thiophene rings is 1. The lowest BCUT2D eigenvalue weighted by atomic mass is 9.97. The highest BCUT2D eigenvalue weighted by Gasteiger charge is 2.31. The Hall–Kier alpha value is -1.70. The van der Waals surface area contributed by atoms with Gasteiger partial charge in [0.2, 0.25) is 15.9 Å². The Labute approximate surface area is 152 Å². The molecule has 1 fully saturated rings. The minimum absolute atomic E-state index is 0.0167.